The molecule has 1 aliphatic heterocycles. The predicted octanol–water partition coefficient (Wildman–Crippen LogP) is 2.28. The molecular formula is C14H21N3O. The number of carbonyl (C=O) groups is 1. The van der Waals surface area contributed by atoms with E-state index < -0.39 is 0 Å². The van der Waals surface area contributed by atoms with Crippen molar-refractivity contribution >= 4 is 11.7 Å². The number of para-hydroxylation sites is 1. The summed E-state index contributed by atoms with van der Waals surface area (Å²) in [6.45, 7) is 3.61. The van der Waals surface area contributed by atoms with E-state index in [9.17, 15) is 4.79 Å². The highest BCUT2D eigenvalue weighted by molar-refractivity contribution is 5.89. The zero-order valence-corrected chi connectivity index (χ0v) is 10.8. The van der Waals surface area contributed by atoms with E-state index in [2.05, 4.69) is 12.2 Å². The lowest BCUT2D eigenvalue weighted by atomic mass is 9.93. The normalized spacial score (nSPS) is 23.8. The van der Waals surface area contributed by atoms with E-state index in [-0.39, 0.29) is 12.1 Å². The number of nitrogens with one attached hydrogen (secondary N) is 1. The summed E-state index contributed by atoms with van der Waals surface area (Å²) in [6, 6.07) is 9.58. The van der Waals surface area contributed by atoms with Crippen LogP contribution < -0.4 is 11.1 Å². The third-order valence-electron chi connectivity index (χ3n) is 3.46. The standard InChI is InChI=1S/C14H21N3O/c1-2-11-8-12(15)10-17(9-11)14(18)16-13-6-4-3-5-7-13/h3-7,11-12H,2,8-10,15H2,1H3,(H,16,18). The number of hydrogen-bond acceptors (Lipinski definition) is 2. The molecule has 18 heavy (non-hydrogen) atoms. The summed E-state index contributed by atoms with van der Waals surface area (Å²) < 4.78 is 0. The highest BCUT2D eigenvalue weighted by atomic mass is 16.2. The van der Waals surface area contributed by atoms with Gasteiger partial charge in [0.2, 0.25) is 0 Å². The molecule has 1 saturated heterocycles. The first-order valence-electron chi connectivity index (χ1n) is 6.55. The molecule has 0 aliphatic carbocycles. The average Bonchev–Trinajstić information content (AvgIpc) is 2.39. The summed E-state index contributed by atoms with van der Waals surface area (Å²) in [6.07, 6.45) is 2.09. The Bertz CT molecular complexity index is 393. The molecule has 98 valence electrons. The first-order valence-corrected chi connectivity index (χ1v) is 6.55. The number of likely N-dealkylation sites (tertiary alicyclic amines) is 1. The summed E-state index contributed by atoms with van der Waals surface area (Å²) in [5, 5.41) is 2.91. The molecule has 0 radical (unpaired) electrons. The Hall–Kier alpha value is -1.55. The van der Waals surface area contributed by atoms with Crippen molar-refractivity contribution in [3.05, 3.63) is 30.3 Å². The highest BCUT2D eigenvalue weighted by Crippen LogP contribution is 2.19. The van der Waals surface area contributed by atoms with Crippen LogP contribution in [-0.2, 0) is 0 Å². The van der Waals surface area contributed by atoms with Crippen LogP contribution >= 0.6 is 0 Å². The molecular weight excluding hydrogens is 226 g/mol. The third kappa shape index (κ3) is 3.23. The maximum Gasteiger partial charge on any atom is 0.321 e. The zero-order chi connectivity index (χ0) is 13.0. The number of anilines is 1. The van der Waals surface area contributed by atoms with Crippen LogP contribution in [0, 0.1) is 5.92 Å². The fourth-order valence-corrected chi connectivity index (χ4v) is 2.43. The van der Waals surface area contributed by atoms with E-state index in [4.69, 9.17) is 5.73 Å². The van der Waals surface area contributed by atoms with Crippen LogP contribution in [0.1, 0.15) is 19.8 Å². The van der Waals surface area contributed by atoms with Crippen LogP contribution in [0.5, 0.6) is 0 Å². The molecule has 0 bridgehead atoms. The van der Waals surface area contributed by atoms with Gasteiger partial charge in [0.1, 0.15) is 0 Å². The maximum atomic E-state index is 12.1. The van der Waals surface area contributed by atoms with Crippen molar-refractivity contribution in [2.24, 2.45) is 11.7 Å². The number of nitrogens with zero attached hydrogens (tertiary/aromatic N) is 1. The quantitative estimate of drug-likeness (QED) is 0.842. The smallest absolute Gasteiger partial charge is 0.321 e. The molecule has 1 aliphatic rings. The molecule has 2 rings (SSSR count). The fraction of sp³-hybridized carbons (Fsp3) is 0.500. The maximum absolute atomic E-state index is 12.1. The van der Waals surface area contributed by atoms with Gasteiger partial charge in [0.15, 0.2) is 0 Å². The van der Waals surface area contributed by atoms with Gasteiger partial charge in [-0.15, -0.1) is 0 Å². The number of amides is 2. The van der Waals surface area contributed by atoms with Crippen LogP contribution in [-0.4, -0.2) is 30.1 Å². The van der Waals surface area contributed by atoms with E-state index in [0.29, 0.717) is 12.5 Å². The van der Waals surface area contributed by atoms with E-state index >= 15 is 0 Å². The Morgan fingerprint density at radius 3 is 2.78 bits per heavy atom. The first kappa shape index (κ1) is 12.9. The summed E-state index contributed by atoms with van der Waals surface area (Å²) in [5.41, 5.74) is 6.83. The van der Waals surface area contributed by atoms with Crippen molar-refractivity contribution < 1.29 is 4.79 Å². The zero-order valence-electron chi connectivity index (χ0n) is 10.8. The Morgan fingerprint density at radius 1 is 1.39 bits per heavy atom. The first-order chi connectivity index (χ1) is 8.69. The average molecular weight is 247 g/mol. The number of hydrogen-bond donors (Lipinski definition) is 2. The molecule has 2 atom stereocenters. The van der Waals surface area contributed by atoms with Crippen molar-refractivity contribution in [2.75, 3.05) is 18.4 Å². The lowest BCUT2D eigenvalue weighted by Crippen LogP contribution is -2.50. The molecule has 3 N–H and O–H groups in total. The van der Waals surface area contributed by atoms with Crippen molar-refractivity contribution in [3.8, 4) is 0 Å². The van der Waals surface area contributed by atoms with Crippen molar-refractivity contribution in [1.82, 2.24) is 4.90 Å². The largest absolute Gasteiger partial charge is 0.326 e. The molecule has 0 saturated carbocycles. The third-order valence-corrected chi connectivity index (χ3v) is 3.46. The van der Waals surface area contributed by atoms with Crippen LogP contribution in [0.4, 0.5) is 10.5 Å². The van der Waals surface area contributed by atoms with Crippen LogP contribution in [0.3, 0.4) is 0 Å². The molecule has 1 heterocycles. The molecule has 1 fully saturated rings. The van der Waals surface area contributed by atoms with Crippen molar-refractivity contribution in [1.29, 1.82) is 0 Å². The lowest BCUT2D eigenvalue weighted by Gasteiger charge is -2.35. The minimum atomic E-state index is -0.0465. The molecule has 2 amide bonds. The molecule has 4 nitrogen and oxygen atoms in total. The SMILES string of the molecule is CCC1CC(N)CN(C(=O)Nc2ccccc2)C1. The Morgan fingerprint density at radius 2 is 2.11 bits per heavy atom. The van der Waals surface area contributed by atoms with Gasteiger partial charge >= 0.3 is 6.03 Å². The number of benzene rings is 1. The second-order valence-electron chi connectivity index (χ2n) is 4.97. The summed E-state index contributed by atoms with van der Waals surface area (Å²) in [4.78, 5) is 14.0. The monoisotopic (exact) mass is 247 g/mol. The number of urea groups is 1. The van der Waals surface area contributed by atoms with E-state index in [1.165, 1.54) is 0 Å². The second kappa shape index (κ2) is 5.87. The van der Waals surface area contributed by atoms with Crippen LogP contribution in [0.2, 0.25) is 0 Å². The molecule has 4 heteroatoms. The van der Waals surface area contributed by atoms with E-state index in [1.807, 2.05) is 35.2 Å². The van der Waals surface area contributed by atoms with Gasteiger partial charge in [-0.1, -0.05) is 31.5 Å². The van der Waals surface area contributed by atoms with Gasteiger partial charge in [0.25, 0.3) is 0 Å². The Kier molecular flexibility index (Phi) is 4.20. The molecule has 0 spiro atoms. The molecule has 1 aromatic carbocycles. The number of rotatable bonds is 2. The van der Waals surface area contributed by atoms with Crippen molar-refractivity contribution in [3.63, 3.8) is 0 Å². The Balaban J connectivity index is 1.96. The Labute approximate surface area is 108 Å². The van der Waals surface area contributed by atoms with Gasteiger partial charge in [-0.3, -0.25) is 0 Å². The van der Waals surface area contributed by atoms with E-state index in [1.54, 1.807) is 0 Å². The topological polar surface area (TPSA) is 58.4 Å². The number of piperidine rings is 1. The second-order valence-corrected chi connectivity index (χ2v) is 4.97. The molecule has 1 aromatic rings. The fourth-order valence-electron chi connectivity index (χ4n) is 2.43. The predicted molar refractivity (Wildman–Crippen MR) is 73.4 cm³/mol. The summed E-state index contributed by atoms with van der Waals surface area (Å²) in [5.74, 6) is 0.523. The summed E-state index contributed by atoms with van der Waals surface area (Å²) >= 11 is 0. The summed E-state index contributed by atoms with van der Waals surface area (Å²) in [7, 11) is 0. The van der Waals surface area contributed by atoms with Crippen LogP contribution in [0.15, 0.2) is 30.3 Å². The minimum absolute atomic E-state index is 0.0465. The van der Waals surface area contributed by atoms with Crippen LogP contribution in [0.25, 0.3) is 0 Å². The molecule has 2 unspecified atom stereocenters. The highest BCUT2D eigenvalue weighted by Gasteiger charge is 2.27. The van der Waals surface area contributed by atoms with Gasteiger partial charge in [-0.25, -0.2) is 4.79 Å². The van der Waals surface area contributed by atoms with Gasteiger partial charge < -0.3 is 16.0 Å². The van der Waals surface area contributed by atoms with Gasteiger partial charge in [0, 0.05) is 24.8 Å². The van der Waals surface area contributed by atoms with Gasteiger partial charge in [-0.2, -0.15) is 0 Å². The van der Waals surface area contributed by atoms with Gasteiger partial charge in [0.05, 0.1) is 0 Å². The van der Waals surface area contributed by atoms with Crippen molar-refractivity contribution in [2.45, 2.75) is 25.8 Å². The van der Waals surface area contributed by atoms with Gasteiger partial charge in [-0.05, 0) is 24.5 Å². The lowest BCUT2D eigenvalue weighted by molar-refractivity contribution is 0.165. The molecule has 0 aromatic heterocycles. The number of nitrogens with two attached hydrogens (primary N) is 1. The minimum Gasteiger partial charge on any atom is -0.326 e. The van der Waals surface area contributed by atoms with E-state index in [0.717, 1.165) is 25.1 Å². The number of carbonyl (C=O) groups excluding carboxylic acids is 1.